The van der Waals surface area contributed by atoms with Crippen LogP contribution in [0.4, 0.5) is 11.8 Å². The van der Waals surface area contributed by atoms with E-state index in [2.05, 4.69) is 44.9 Å². The summed E-state index contributed by atoms with van der Waals surface area (Å²) in [4.78, 5) is 42.6. The Labute approximate surface area is 175 Å². The van der Waals surface area contributed by atoms with Crippen LogP contribution < -0.4 is 5.73 Å². The second-order valence-electron chi connectivity index (χ2n) is 5.68. The predicted molar refractivity (Wildman–Crippen MR) is 109 cm³/mol. The molecule has 0 aliphatic heterocycles. The Morgan fingerprint density at radius 1 is 1.17 bits per heavy atom. The fourth-order valence-corrected chi connectivity index (χ4v) is 3.63. The molecule has 0 saturated carbocycles. The quantitative estimate of drug-likeness (QED) is 0.137. The van der Waals surface area contributed by atoms with E-state index in [9.17, 15) is 10.1 Å². The van der Waals surface area contributed by atoms with Gasteiger partial charge in [-0.15, -0.1) is 0 Å². The van der Waals surface area contributed by atoms with Crippen molar-refractivity contribution in [1.29, 1.82) is 0 Å². The molecule has 0 saturated heterocycles. The summed E-state index contributed by atoms with van der Waals surface area (Å²) >= 11 is 6.06. The van der Waals surface area contributed by atoms with Crippen LogP contribution in [-0.2, 0) is 7.05 Å². The van der Waals surface area contributed by atoms with Crippen LogP contribution in [0.1, 0.15) is 0 Å². The molecule has 16 heteroatoms. The molecule has 5 aromatic heterocycles. The smallest absolute Gasteiger partial charge is 0.369 e. The molecule has 30 heavy (non-hydrogen) atoms. The molecular weight excluding hydrogens is 432 g/mol. The van der Waals surface area contributed by atoms with E-state index in [1.807, 2.05) is 0 Å². The van der Waals surface area contributed by atoms with Crippen LogP contribution >= 0.6 is 24.0 Å². The van der Waals surface area contributed by atoms with Crippen molar-refractivity contribution < 1.29 is 4.92 Å². The minimum atomic E-state index is -0.520. The molecule has 5 rings (SSSR count). The number of anilines is 1. The van der Waals surface area contributed by atoms with Gasteiger partial charge >= 0.3 is 5.82 Å². The Balaban J connectivity index is 0.000000168. The molecule has 152 valence electrons. The zero-order valence-corrected chi connectivity index (χ0v) is 16.7. The summed E-state index contributed by atoms with van der Waals surface area (Å²) in [6, 6.07) is 0. The molecule has 0 bridgehead atoms. The number of nitro groups is 1. The van der Waals surface area contributed by atoms with E-state index < -0.39 is 4.92 Å². The number of fused-ring (bicyclic) bond motifs is 2. The van der Waals surface area contributed by atoms with Gasteiger partial charge in [0.15, 0.2) is 21.0 Å². The third-order valence-corrected chi connectivity index (χ3v) is 5.20. The van der Waals surface area contributed by atoms with Gasteiger partial charge in [-0.1, -0.05) is 12.2 Å². The van der Waals surface area contributed by atoms with E-state index in [0.29, 0.717) is 37.0 Å². The normalized spacial score (nSPS) is 10.8. The van der Waals surface area contributed by atoms with Crippen LogP contribution in [0.25, 0.3) is 22.3 Å². The number of nitrogen functional groups attached to an aromatic ring is 1. The van der Waals surface area contributed by atoms with Gasteiger partial charge in [-0.05, 0) is 21.7 Å². The predicted octanol–water partition coefficient (Wildman–Crippen LogP) is 1.74. The lowest BCUT2D eigenvalue weighted by Crippen LogP contribution is -1.95. The maximum Gasteiger partial charge on any atom is 0.396 e. The summed E-state index contributed by atoms with van der Waals surface area (Å²) in [5.41, 5.74) is 7.91. The van der Waals surface area contributed by atoms with Crippen molar-refractivity contribution in [2.45, 2.75) is 10.1 Å². The van der Waals surface area contributed by atoms with Crippen LogP contribution in [0.15, 0.2) is 35.4 Å². The van der Waals surface area contributed by atoms with Crippen molar-refractivity contribution in [3.8, 4) is 0 Å². The van der Waals surface area contributed by atoms with Gasteiger partial charge in [-0.25, -0.2) is 24.9 Å². The third kappa shape index (κ3) is 3.67. The molecule has 14 nitrogen and oxygen atoms in total. The van der Waals surface area contributed by atoms with Crippen LogP contribution in [0.3, 0.4) is 0 Å². The first-order valence-corrected chi connectivity index (χ1v) is 9.33. The SMILES string of the molecule is Cn1cnc([N+](=O)[O-])c1Sc1ncnc2nc[nH]c12.Nc1nc(=S)c2[nH]cnc2[nH]1. The van der Waals surface area contributed by atoms with Gasteiger partial charge in [0, 0.05) is 7.05 Å². The van der Waals surface area contributed by atoms with Crippen molar-refractivity contribution in [2.24, 2.45) is 7.05 Å². The molecular formula is C14H12N12O2S2. The van der Waals surface area contributed by atoms with Gasteiger partial charge in [-0.2, -0.15) is 0 Å². The minimum absolute atomic E-state index is 0.196. The molecule has 0 spiro atoms. The number of aromatic nitrogens is 10. The number of imidazole rings is 3. The number of nitrogens with zero attached hydrogens (tertiary/aromatic N) is 8. The summed E-state index contributed by atoms with van der Waals surface area (Å²) in [7, 11) is 1.69. The first kappa shape index (κ1) is 19.4. The van der Waals surface area contributed by atoms with Gasteiger partial charge in [0.05, 0.1) is 12.7 Å². The first-order valence-electron chi connectivity index (χ1n) is 8.10. The van der Waals surface area contributed by atoms with E-state index >= 15 is 0 Å². The molecule has 0 fully saturated rings. The highest BCUT2D eigenvalue weighted by Crippen LogP contribution is 2.34. The maximum atomic E-state index is 10.9. The Bertz CT molecular complexity index is 1420. The lowest BCUT2D eigenvalue weighted by molar-refractivity contribution is -0.392. The number of rotatable bonds is 3. The number of aryl methyl sites for hydroxylation is 1. The average molecular weight is 444 g/mol. The average Bonchev–Trinajstić information content (AvgIpc) is 3.43. The zero-order chi connectivity index (χ0) is 21.3. The van der Waals surface area contributed by atoms with Crippen molar-refractivity contribution in [2.75, 3.05) is 5.73 Å². The van der Waals surface area contributed by atoms with E-state index in [-0.39, 0.29) is 11.8 Å². The summed E-state index contributed by atoms with van der Waals surface area (Å²) in [6.07, 6.45) is 5.80. The molecule has 5 N–H and O–H groups in total. The molecule has 0 aliphatic carbocycles. The molecule has 0 aromatic carbocycles. The van der Waals surface area contributed by atoms with Crippen LogP contribution in [0.2, 0.25) is 0 Å². The number of nitrogens with two attached hydrogens (primary N) is 1. The van der Waals surface area contributed by atoms with E-state index in [4.69, 9.17) is 18.0 Å². The standard InChI is InChI=1S/C9H7N7O2S.C5H5N5S/c1-15-4-14-7(16(17)18)9(15)19-8-5-6(11-2-10-5)12-3-13-8;6-5-9-3-2(4(11)10-5)7-1-8-3/h2-4H,1H3,(H,10,11,12,13);1H,(H4,6,7,8,9,10,11). The Hall–Kier alpha value is -3.92. The summed E-state index contributed by atoms with van der Waals surface area (Å²) < 4.78 is 2.02. The zero-order valence-electron chi connectivity index (χ0n) is 15.1. The van der Waals surface area contributed by atoms with Gasteiger partial charge in [0.2, 0.25) is 12.3 Å². The highest BCUT2D eigenvalue weighted by molar-refractivity contribution is 7.99. The number of hydrogen-bond donors (Lipinski definition) is 4. The lowest BCUT2D eigenvalue weighted by Gasteiger charge is -2.01. The molecule has 0 atom stereocenters. The summed E-state index contributed by atoms with van der Waals surface area (Å²) in [5.74, 6) is 0.0911. The van der Waals surface area contributed by atoms with Gasteiger partial charge in [-0.3, -0.25) is 0 Å². The highest BCUT2D eigenvalue weighted by Gasteiger charge is 2.22. The van der Waals surface area contributed by atoms with Crippen molar-refractivity contribution in [3.63, 3.8) is 0 Å². The first-order chi connectivity index (χ1) is 14.4. The molecule has 0 radical (unpaired) electrons. The van der Waals surface area contributed by atoms with Crippen molar-refractivity contribution in [1.82, 2.24) is 49.4 Å². The second-order valence-corrected chi connectivity index (χ2v) is 7.04. The summed E-state index contributed by atoms with van der Waals surface area (Å²) in [5, 5.41) is 11.9. The van der Waals surface area contributed by atoms with Crippen LogP contribution in [-0.4, -0.2) is 54.3 Å². The number of H-pyrrole nitrogens is 3. The van der Waals surface area contributed by atoms with Crippen molar-refractivity contribution >= 4 is 58.1 Å². The molecule has 0 aliphatic rings. The molecule has 5 heterocycles. The van der Waals surface area contributed by atoms with Gasteiger partial charge in [0.1, 0.15) is 22.4 Å². The fraction of sp³-hybridized carbons (Fsp3) is 0.0714. The fourth-order valence-electron chi connectivity index (χ4n) is 2.43. The van der Waals surface area contributed by atoms with E-state index in [0.717, 1.165) is 11.8 Å². The van der Waals surface area contributed by atoms with Crippen LogP contribution in [0, 0.1) is 14.8 Å². The number of hydrogen-bond acceptors (Lipinski definition) is 11. The summed E-state index contributed by atoms with van der Waals surface area (Å²) in [6.45, 7) is 0. The highest BCUT2D eigenvalue weighted by atomic mass is 32.2. The van der Waals surface area contributed by atoms with Gasteiger partial charge in [0.25, 0.3) is 0 Å². The Morgan fingerprint density at radius 2 is 1.93 bits per heavy atom. The molecule has 0 unspecified atom stereocenters. The Morgan fingerprint density at radius 3 is 2.73 bits per heavy atom. The van der Waals surface area contributed by atoms with Crippen LogP contribution in [0.5, 0.6) is 0 Å². The Kier molecular flexibility index (Phi) is 5.07. The largest absolute Gasteiger partial charge is 0.396 e. The second kappa shape index (κ2) is 7.84. The molecule has 5 aromatic rings. The minimum Gasteiger partial charge on any atom is -0.369 e. The van der Waals surface area contributed by atoms with Crippen molar-refractivity contribution in [3.05, 3.63) is 40.1 Å². The van der Waals surface area contributed by atoms with E-state index in [1.165, 1.54) is 25.3 Å². The topological polar surface area (TPSA) is 199 Å². The molecule has 0 amide bonds. The van der Waals surface area contributed by atoms with E-state index in [1.54, 1.807) is 11.6 Å². The monoisotopic (exact) mass is 444 g/mol. The lowest BCUT2D eigenvalue weighted by atomic mass is 10.6. The number of nitrogens with one attached hydrogen (secondary N) is 3. The maximum absolute atomic E-state index is 10.9. The third-order valence-electron chi connectivity index (χ3n) is 3.74. The van der Waals surface area contributed by atoms with Gasteiger partial charge < -0.3 is 35.4 Å². The number of aromatic amines is 3.